The maximum atomic E-state index is 12.6. The van der Waals surface area contributed by atoms with Crippen LogP contribution in [0.25, 0.3) is 0 Å². The van der Waals surface area contributed by atoms with Gasteiger partial charge in [0.05, 0.1) is 18.7 Å². The third-order valence-electron chi connectivity index (χ3n) is 3.53. The summed E-state index contributed by atoms with van der Waals surface area (Å²) in [5, 5.41) is 1.45. The van der Waals surface area contributed by atoms with Crippen molar-refractivity contribution in [3.8, 4) is 0 Å². The second-order valence-corrected chi connectivity index (χ2v) is 8.24. The Morgan fingerprint density at radius 2 is 1.88 bits per heavy atom. The minimum absolute atomic E-state index is 0. The molecule has 1 aromatic rings. The second-order valence-electron chi connectivity index (χ2n) is 5.16. The molecular formula is C13H20ClN3O5S2. The molecule has 1 saturated heterocycles. The lowest BCUT2D eigenvalue weighted by Crippen LogP contribution is -2.53. The van der Waals surface area contributed by atoms with Gasteiger partial charge in [-0.25, -0.2) is 13.2 Å². The highest BCUT2D eigenvalue weighted by atomic mass is 35.5. The molecular weight excluding hydrogens is 378 g/mol. The van der Waals surface area contributed by atoms with E-state index in [1.807, 2.05) is 0 Å². The number of carbonyl (C=O) groups excluding carboxylic acids is 2. The number of methoxy groups -OCH3 is 1. The first-order chi connectivity index (χ1) is 10.8. The average Bonchev–Trinajstić information content (AvgIpc) is 3.04. The monoisotopic (exact) mass is 397 g/mol. The molecule has 1 aliphatic rings. The Balaban J connectivity index is 0.00000288. The van der Waals surface area contributed by atoms with Crippen molar-refractivity contribution in [2.45, 2.75) is 17.2 Å². The van der Waals surface area contributed by atoms with Crippen molar-refractivity contribution in [2.75, 3.05) is 33.3 Å². The SMILES string of the molecule is COC(=O)c1csc(S(=O)(=O)N2CCN(C(=O)[C@@H](C)N)CC2)c1.Cl. The maximum absolute atomic E-state index is 12.6. The quantitative estimate of drug-likeness (QED) is 0.723. The Hall–Kier alpha value is -1.20. The fraction of sp³-hybridized carbons (Fsp3) is 0.538. The van der Waals surface area contributed by atoms with E-state index < -0.39 is 22.0 Å². The summed E-state index contributed by atoms with van der Waals surface area (Å²) in [5.74, 6) is -0.763. The van der Waals surface area contributed by atoms with Gasteiger partial charge in [-0.1, -0.05) is 0 Å². The van der Waals surface area contributed by atoms with E-state index >= 15 is 0 Å². The van der Waals surface area contributed by atoms with Gasteiger partial charge >= 0.3 is 5.97 Å². The number of amides is 1. The van der Waals surface area contributed by atoms with Gasteiger partial charge in [-0.2, -0.15) is 4.31 Å². The van der Waals surface area contributed by atoms with Crippen LogP contribution in [0.15, 0.2) is 15.7 Å². The molecule has 1 aliphatic heterocycles. The number of nitrogens with two attached hydrogens (primary N) is 1. The second kappa shape index (κ2) is 8.26. The van der Waals surface area contributed by atoms with Gasteiger partial charge in [0, 0.05) is 31.6 Å². The first-order valence-corrected chi connectivity index (χ1v) is 9.30. The van der Waals surface area contributed by atoms with Gasteiger partial charge in [0.1, 0.15) is 4.21 Å². The third kappa shape index (κ3) is 4.25. The molecule has 0 aliphatic carbocycles. The van der Waals surface area contributed by atoms with Gasteiger partial charge in [0.15, 0.2) is 0 Å². The van der Waals surface area contributed by atoms with Crippen LogP contribution in [0, 0.1) is 0 Å². The van der Waals surface area contributed by atoms with Crippen LogP contribution in [0.3, 0.4) is 0 Å². The number of esters is 1. The number of sulfonamides is 1. The number of hydrogen-bond acceptors (Lipinski definition) is 7. The number of thiophene rings is 1. The molecule has 0 saturated carbocycles. The molecule has 136 valence electrons. The van der Waals surface area contributed by atoms with Crippen LogP contribution in [-0.4, -0.2) is 68.8 Å². The largest absolute Gasteiger partial charge is 0.465 e. The zero-order valence-electron chi connectivity index (χ0n) is 13.3. The molecule has 0 unspecified atom stereocenters. The predicted octanol–water partition coefficient (Wildman–Crippen LogP) is 0.137. The molecule has 0 spiro atoms. The molecule has 1 atom stereocenters. The van der Waals surface area contributed by atoms with Crippen LogP contribution in [0.1, 0.15) is 17.3 Å². The normalized spacial score (nSPS) is 17.0. The Bertz CT molecular complexity index is 696. The number of carbonyl (C=O) groups is 2. The van der Waals surface area contributed by atoms with Gasteiger partial charge in [-0.15, -0.1) is 23.7 Å². The highest BCUT2D eigenvalue weighted by Gasteiger charge is 2.32. The highest BCUT2D eigenvalue weighted by Crippen LogP contribution is 2.25. The van der Waals surface area contributed by atoms with Crippen molar-refractivity contribution in [3.63, 3.8) is 0 Å². The molecule has 24 heavy (non-hydrogen) atoms. The van der Waals surface area contributed by atoms with E-state index in [2.05, 4.69) is 4.74 Å². The van der Waals surface area contributed by atoms with Crippen molar-refractivity contribution in [1.82, 2.24) is 9.21 Å². The summed E-state index contributed by atoms with van der Waals surface area (Å²) in [7, 11) is -2.44. The minimum Gasteiger partial charge on any atom is -0.465 e. The molecule has 2 heterocycles. The Kier molecular flexibility index (Phi) is 7.17. The molecule has 0 radical (unpaired) electrons. The van der Waals surface area contributed by atoms with Crippen molar-refractivity contribution < 1.29 is 22.7 Å². The van der Waals surface area contributed by atoms with E-state index in [1.165, 1.54) is 22.9 Å². The fourth-order valence-electron chi connectivity index (χ4n) is 2.24. The van der Waals surface area contributed by atoms with E-state index in [9.17, 15) is 18.0 Å². The lowest BCUT2D eigenvalue weighted by atomic mass is 10.2. The van der Waals surface area contributed by atoms with E-state index in [4.69, 9.17) is 5.73 Å². The molecule has 2 N–H and O–H groups in total. The Morgan fingerprint density at radius 1 is 1.29 bits per heavy atom. The van der Waals surface area contributed by atoms with Crippen LogP contribution in [0.4, 0.5) is 0 Å². The number of halogens is 1. The van der Waals surface area contributed by atoms with Crippen molar-refractivity contribution in [3.05, 3.63) is 17.0 Å². The van der Waals surface area contributed by atoms with Gasteiger partial charge < -0.3 is 15.4 Å². The zero-order chi connectivity index (χ0) is 17.2. The zero-order valence-corrected chi connectivity index (χ0v) is 15.7. The number of ether oxygens (including phenoxy) is 1. The molecule has 2 rings (SSSR count). The Labute approximate surface area is 151 Å². The average molecular weight is 398 g/mol. The third-order valence-corrected chi connectivity index (χ3v) is 6.84. The van der Waals surface area contributed by atoms with E-state index in [1.54, 1.807) is 11.8 Å². The molecule has 0 bridgehead atoms. The smallest absolute Gasteiger partial charge is 0.338 e. The number of piperazine rings is 1. The molecule has 8 nitrogen and oxygen atoms in total. The summed E-state index contributed by atoms with van der Waals surface area (Å²) in [6.07, 6.45) is 0. The summed E-state index contributed by atoms with van der Waals surface area (Å²) in [6.45, 7) is 2.60. The van der Waals surface area contributed by atoms with Gasteiger partial charge in [0.25, 0.3) is 10.0 Å². The molecule has 1 fully saturated rings. The summed E-state index contributed by atoms with van der Waals surface area (Å²) < 4.78 is 31.1. The first-order valence-electron chi connectivity index (χ1n) is 6.98. The lowest BCUT2D eigenvalue weighted by molar-refractivity contribution is -0.133. The topological polar surface area (TPSA) is 110 Å². The maximum Gasteiger partial charge on any atom is 0.338 e. The van der Waals surface area contributed by atoms with Crippen LogP contribution in [0.2, 0.25) is 0 Å². The number of hydrogen-bond donors (Lipinski definition) is 1. The molecule has 11 heteroatoms. The summed E-state index contributed by atoms with van der Waals surface area (Å²) in [5.41, 5.74) is 5.77. The van der Waals surface area contributed by atoms with Crippen LogP contribution in [0.5, 0.6) is 0 Å². The standard InChI is InChI=1S/C13H19N3O5S2.ClH/c1-9(14)12(17)15-3-5-16(6-4-15)23(19,20)11-7-10(8-22-11)13(18)21-2;/h7-9H,3-6,14H2,1-2H3;1H/t9-;/m1./s1. The van der Waals surface area contributed by atoms with E-state index in [0.717, 1.165) is 11.3 Å². The van der Waals surface area contributed by atoms with Crippen molar-refractivity contribution in [2.24, 2.45) is 5.73 Å². The fourth-order valence-corrected chi connectivity index (χ4v) is 4.96. The van der Waals surface area contributed by atoms with Crippen molar-refractivity contribution in [1.29, 1.82) is 0 Å². The predicted molar refractivity (Wildman–Crippen MR) is 91.9 cm³/mol. The summed E-state index contributed by atoms with van der Waals surface area (Å²) in [6, 6.07) is 0.712. The van der Waals surface area contributed by atoms with E-state index in [-0.39, 0.29) is 41.2 Å². The highest BCUT2D eigenvalue weighted by molar-refractivity contribution is 7.91. The molecule has 1 amide bonds. The minimum atomic E-state index is -3.68. The van der Waals surface area contributed by atoms with Gasteiger partial charge in [0.2, 0.25) is 5.91 Å². The number of nitrogens with zero attached hydrogens (tertiary/aromatic N) is 2. The van der Waals surface area contributed by atoms with Crippen LogP contribution in [-0.2, 0) is 19.6 Å². The van der Waals surface area contributed by atoms with Crippen molar-refractivity contribution >= 4 is 45.6 Å². The lowest BCUT2D eigenvalue weighted by Gasteiger charge is -2.34. The van der Waals surface area contributed by atoms with Crippen LogP contribution < -0.4 is 5.73 Å². The summed E-state index contributed by atoms with van der Waals surface area (Å²) >= 11 is 0.975. The van der Waals surface area contributed by atoms with Gasteiger partial charge in [-0.3, -0.25) is 4.79 Å². The Morgan fingerprint density at radius 3 is 2.38 bits per heavy atom. The molecule has 0 aromatic carbocycles. The van der Waals surface area contributed by atoms with E-state index in [0.29, 0.717) is 13.1 Å². The first kappa shape index (κ1) is 20.8. The molecule has 1 aromatic heterocycles. The summed E-state index contributed by atoms with van der Waals surface area (Å²) in [4.78, 5) is 24.8. The van der Waals surface area contributed by atoms with Gasteiger partial charge in [-0.05, 0) is 13.0 Å². The number of rotatable bonds is 4. The van der Waals surface area contributed by atoms with Crippen LogP contribution >= 0.6 is 23.7 Å².